The maximum absolute atomic E-state index is 10.6. The Hall–Kier alpha value is -0.0600. The van der Waals surface area contributed by atoms with Crippen molar-refractivity contribution in [2.45, 2.75) is 39.0 Å². The largest absolute Gasteiger partial charge is 0.696 e. The van der Waals surface area contributed by atoms with Crippen LogP contribution in [-0.4, -0.2) is 28.8 Å². The van der Waals surface area contributed by atoms with Crippen LogP contribution in [0.1, 0.15) is 27.2 Å². The summed E-state index contributed by atoms with van der Waals surface area (Å²) in [5, 5.41) is 1.64. The zero-order valence-corrected chi connectivity index (χ0v) is 9.82. The smallest absolute Gasteiger partial charge is 0.299 e. The summed E-state index contributed by atoms with van der Waals surface area (Å²) in [6, 6.07) is 0. The Kier molecular flexibility index (Phi) is 3.61. The molecule has 0 aromatic rings. The first kappa shape index (κ1) is 12.0. The summed E-state index contributed by atoms with van der Waals surface area (Å²) in [4.78, 5) is 13.9. The lowest BCUT2D eigenvalue weighted by Gasteiger charge is -2.32. The third kappa shape index (κ3) is 2.12. The first-order valence-corrected chi connectivity index (χ1v) is 5.69. The molecule has 5 nitrogen and oxygen atoms in total. The molecule has 1 fully saturated rings. The Morgan fingerprint density at radius 2 is 2.14 bits per heavy atom. The summed E-state index contributed by atoms with van der Waals surface area (Å²) in [6.07, 6.45) is 0.265. The standard InChI is InChI=1S/C8H16NO4P/c1-6-5-7(13-14(10)11)9(12-4)8(6,2)3/h6-7H,5H2,1-4H3/p+1. The highest BCUT2D eigenvalue weighted by Crippen LogP contribution is 2.41. The fourth-order valence-corrected chi connectivity index (χ4v) is 2.20. The van der Waals surface area contributed by atoms with Gasteiger partial charge in [0.1, 0.15) is 0 Å². The summed E-state index contributed by atoms with van der Waals surface area (Å²) >= 11 is 0. The molecule has 0 aromatic carbocycles. The van der Waals surface area contributed by atoms with Gasteiger partial charge in [-0.3, -0.25) is 4.84 Å². The first-order chi connectivity index (χ1) is 6.39. The van der Waals surface area contributed by atoms with E-state index in [2.05, 4.69) is 6.92 Å². The molecule has 1 aliphatic heterocycles. The third-order valence-corrected chi connectivity index (χ3v) is 3.42. The molecule has 0 aromatic heterocycles. The monoisotopic (exact) mass is 222 g/mol. The zero-order chi connectivity index (χ0) is 10.9. The quantitative estimate of drug-likeness (QED) is 0.736. The molecule has 14 heavy (non-hydrogen) atoms. The van der Waals surface area contributed by atoms with Crippen LogP contribution in [0.25, 0.3) is 0 Å². The van der Waals surface area contributed by atoms with Crippen LogP contribution in [-0.2, 0) is 13.9 Å². The van der Waals surface area contributed by atoms with E-state index in [1.165, 1.54) is 0 Å². The molecule has 3 atom stereocenters. The van der Waals surface area contributed by atoms with Gasteiger partial charge < -0.3 is 0 Å². The van der Waals surface area contributed by atoms with E-state index < -0.39 is 14.5 Å². The second-order valence-corrected chi connectivity index (χ2v) is 4.78. The average Bonchev–Trinajstić information content (AvgIpc) is 2.21. The highest BCUT2D eigenvalue weighted by atomic mass is 31.1. The predicted octanol–water partition coefficient (Wildman–Crippen LogP) is 1.66. The van der Waals surface area contributed by atoms with Gasteiger partial charge in [0, 0.05) is 10.1 Å². The Bertz CT molecular complexity index is 233. The number of nitrogens with zero attached hydrogens (tertiary/aromatic N) is 1. The summed E-state index contributed by atoms with van der Waals surface area (Å²) in [5.41, 5.74) is -0.176. The van der Waals surface area contributed by atoms with Crippen LogP contribution in [0, 0.1) is 5.92 Å². The lowest BCUT2D eigenvalue weighted by Crippen LogP contribution is -2.44. The van der Waals surface area contributed by atoms with E-state index >= 15 is 0 Å². The topological polar surface area (TPSA) is 59.0 Å². The SMILES string of the molecule is CON1C(O[P+](=O)O)CC(C)C1(C)C. The first-order valence-electron chi connectivity index (χ1n) is 4.56. The molecule has 0 amide bonds. The summed E-state index contributed by atoms with van der Waals surface area (Å²) in [6.45, 7) is 6.11. The van der Waals surface area contributed by atoms with Crippen LogP contribution in [0.4, 0.5) is 0 Å². The van der Waals surface area contributed by atoms with Gasteiger partial charge in [-0.25, -0.2) is 0 Å². The predicted molar refractivity (Wildman–Crippen MR) is 51.4 cm³/mol. The summed E-state index contributed by atoms with van der Waals surface area (Å²) in [7, 11) is -1.03. The molecule has 0 aliphatic carbocycles. The van der Waals surface area contributed by atoms with Gasteiger partial charge in [-0.1, -0.05) is 11.4 Å². The molecule has 1 N–H and O–H groups in total. The molecule has 3 unspecified atom stereocenters. The fraction of sp³-hybridized carbons (Fsp3) is 1.00. The van der Waals surface area contributed by atoms with Crippen molar-refractivity contribution in [2.75, 3.05) is 7.11 Å². The second-order valence-electron chi connectivity index (χ2n) is 4.10. The molecule has 0 spiro atoms. The second kappa shape index (κ2) is 4.21. The summed E-state index contributed by atoms with van der Waals surface area (Å²) < 4.78 is 15.5. The minimum atomic E-state index is -2.58. The molecule has 1 heterocycles. The van der Waals surface area contributed by atoms with Gasteiger partial charge in [0.15, 0.2) is 6.23 Å². The van der Waals surface area contributed by atoms with Crippen molar-refractivity contribution >= 4 is 8.25 Å². The fourth-order valence-electron chi connectivity index (χ4n) is 1.82. The van der Waals surface area contributed by atoms with Crippen molar-refractivity contribution in [2.24, 2.45) is 5.92 Å². The molecule has 1 saturated heterocycles. The van der Waals surface area contributed by atoms with E-state index in [-0.39, 0.29) is 5.54 Å². The van der Waals surface area contributed by atoms with Crippen molar-refractivity contribution in [3.63, 3.8) is 0 Å². The molecule has 6 heteroatoms. The molecule has 0 bridgehead atoms. The Morgan fingerprint density at radius 3 is 2.57 bits per heavy atom. The van der Waals surface area contributed by atoms with E-state index in [0.29, 0.717) is 12.3 Å². The van der Waals surface area contributed by atoms with Crippen LogP contribution in [0.3, 0.4) is 0 Å². The Morgan fingerprint density at radius 1 is 1.57 bits per heavy atom. The van der Waals surface area contributed by atoms with Gasteiger partial charge in [-0.05, 0) is 26.2 Å². The van der Waals surface area contributed by atoms with Crippen LogP contribution >= 0.6 is 8.25 Å². The van der Waals surface area contributed by atoms with Crippen molar-refractivity contribution in [3.05, 3.63) is 0 Å². The Labute approximate surface area is 84.9 Å². The number of rotatable bonds is 3. The van der Waals surface area contributed by atoms with E-state index in [4.69, 9.17) is 14.3 Å². The van der Waals surface area contributed by atoms with Gasteiger partial charge >= 0.3 is 8.25 Å². The molecular formula is C8H17NO4P+. The molecule has 0 saturated carbocycles. The van der Waals surface area contributed by atoms with Gasteiger partial charge in [-0.2, -0.15) is 0 Å². The van der Waals surface area contributed by atoms with Crippen molar-refractivity contribution in [1.82, 2.24) is 5.06 Å². The lowest BCUT2D eigenvalue weighted by atomic mass is 9.91. The highest BCUT2D eigenvalue weighted by molar-refractivity contribution is 7.32. The highest BCUT2D eigenvalue weighted by Gasteiger charge is 2.49. The zero-order valence-electron chi connectivity index (χ0n) is 8.93. The van der Waals surface area contributed by atoms with Gasteiger partial charge in [0.25, 0.3) is 0 Å². The van der Waals surface area contributed by atoms with Crippen molar-refractivity contribution in [1.29, 1.82) is 0 Å². The minimum Gasteiger partial charge on any atom is -0.299 e. The van der Waals surface area contributed by atoms with E-state index in [9.17, 15) is 4.57 Å². The number of hydrogen-bond acceptors (Lipinski definition) is 4. The van der Waals surface area contributed by atoms with E-state index in [1.807, 2.05) is 13.8 Å². The van der Waals surface area contributed by atoms with E-state index in [1.54, 1.807) is 12.2 Å². The average molecular weight is 222 g/mol. The number of hydroxylamine groups is 2. The van der Waals surface area contributed by atoms with Gasteiger partial charge in [0.2, 0.25) is 0 Å². The third-order valence-electron chi connectivity index (χ3n) is 3.00. The molecule has 82 valence electrons. The molecular weight excluding hydrogens is 205 g/mol. The maximum Gasteiger partial charge on any atom is 0.696 e. The van der Waals surface area contributed by atoms with Crippen molar-refractivity contribution < 1.29 is 18.8 Å². The van der Waals surface area contributed by atoms with Gasteiger partial charge in [0.05, 0.1) is 7.11 Å². The van der Waals surface area contributed by atoms with Gasteiger partial charge in [-0.15, -0.1) is 9.96 Å². The molecule has 0 radical (unpaired) electrons. The van der Waals surface area contributed by atoms with Crippen LogP contribution in [0.15, 0.2) is 0 Å². The minimum absolute atomic E-state index is 0.176. The molecule has 1 rings (SSSR count). The van der Waals surface area contributed by atoms with Crippen LogP contribution < -0.4 is 0 Å². The van der Waals surface area contributed by atoms with Crippen molar-refractivity contribution in [3.8, 4) is 0 Å². The summed E-state index contributed by atoms with van der Waals surface area (Å²) in [5.74, 6) is 0.349. The maximum atomic E-state index is 10.6. The van der Waals surface area contributed by atoms with Crippen LogP contribution in [0.5, 0.6) is 0 Å². The normalized spacial score (nSPS) is 33.4. The molecule has 1 aliphatic rings. The number of hydrogen-bond donors (Lipinski definition) is 1. The van der Waals surface area contributed by atoms with Crippen LogP contribution in [0.2, 0.25) is 0 Å². The Balaban J connectivity index is 2.75. The lowest BCUT2D eigenvalue weighted by molar-refractivity contribution is -0.236. The van der Waals surface area contributed by atoms with E-state index in [0.717, 1.165) is 0 Å².